The van der Waals surface area contributed by atoms with Gasteiger partial charge in [-0.3, -0.25) is 0 Å². The zero-order valence-electron chi connectivity index (χ0n) is 10.6. The van der Waals surface area contributed by atoms with Crippen LogP contribution in [0.3, 0.4) is 0 Å². The molecular formula is C17H14ClN. The van der Waals surface area contributed by atoms with Crippen LogP contribution in [0, 0.1) is 0 Å². The molecule has 0 saturated carbocycles. The van der Waals surface area contributed by atoms with Gasteiger partial charge in [-0.15, -0.1) is 0 Å². The van der Waals surface area contributed by atoms with Crippen molar-refractivity contribution in [1.82, 2.24) is 4.57 Å². The smallest absolute Gasteiger partial charge is 0.0519 e. The average molecular weight is 268 g/mol. The zero-order valence-corrected chi connectivity index (χ0v) is 11.3. The monoisotopic (exact) mass is 267 g/mol. The highest BCUT2D eigenvalue weighted by Crippen LogP contribution is 2.37. The Labute approximate surface area is 117 Å². The van der Waals surface area contributed by atoms with Gasteiger partial charge in [0.05, 0.1) is 5.52 Å². The Morgan fingerprint density at radius 2 is 1.84 bits per heavy atom. The summed E-state index contributed by atoms with van der Waals surface area (Å²) in [6.07, 6.45) is 4.67. The predicted octanol–water partition coefficient (Wildman–Crippen LogP) is 4.91. The van der Waals surface area contributed by atoms with E-state index in [0.717, 1.165) is 17.1 Å². The average Bonchev–Trinajstić information content (AvgIpc) is 2.81. The van der Waals surface area contributed by atoms with Crippen LogP contribution in [0.2, 0.25) is 5.02 Å². The van der Waals surface area contributed by atoms with Crippen molar-refractivity contribution in [2.45, 2.75) is 19.4 Å². The number of nitrogens with zero attached hydrogens (tertiary/aromatic N) is 1. The van der Waals surface area contributed by atoms with E-state index >= 15 is 0 Å². The molecule has 1 aliphatic heterocycles. The van der Waals surface area contributed by atoms with E-state index in [2.05, 4.69) is 35.0 Å². The lowest BCUT2D eigenvalue weighted by molar-refractivity contribution is 0.636. The minimum Gasteiger partial charge on any atom is -0.347 e. The largest absolute Gasteiger partial charge is 0.347 e. The van der Waals surface area contributed by atoms with Crippen molar-refractivity contribution in [2.24, 2.45) is 0 Å². The molecule has 0 N–H and O–H groups in total. The lowest BCUT2D eigenvalue weighted by Crippen LogP contribution is -2.05. The number of aryl methyl sites for hydroxylation is 2. The zero-order chi connectivity index (χ0) is 12.8. The molecule has 2 heterocycles. The van der Waals surface area contributed by atoms with Crippen LogP contribution in [0.5, 0.6) is 0 Å². The third-order valence-electron chi connectivity index (χ3n) is 3.99. The first-order valence-electron chi connectivity index (χ1n) is 6.70. The molecule has 94 valence electrons. The van der Waals surface area contributed by atoms with Gasteiger partial charge in [-0.1, -0.05) is 48.0 Å². The molecule has 0 atom stereocenters. The number of benzene rings is 2. The van der Waals surface area contributed by atoms with Crippen molar-refractivity contribution in [3.63, 3.8) is 0 Å². The van der Waals surface area contributed by atoms with Gasteiger partial charge in [0.25, 0.3) is 0 Å². The van der Waals surface area contributed by atoms with Gasteiger partial charge >= 0.3 is 0 Å². The van der Waals surface area contributed by atoms with E-state index in [4.69, 9.17) is 11.6 Å². The Morgan fingerprint density at radius 3 is 2.74 bits per heavy atom. The second kappa shape index (κ2) is 4.14. The molecule has 0 unspecified atom stereocenters. The van der Waals surface area contributed by atoms with Crippen LogP contribution in [-0.4, -0.2) is 4.57 Å². The molecule has 3 aromatic rings. The molecule has 0 saturated heterocycles. The lowest BCUT2D eigenvalue weighted by atomic mass is 10.00. The van der Waals surface area contributed by atoms with Crippen LogP contribution in [0.25, 0.3) is 22.0 Å². The first-order chi connectivity index (χ1) is 9.34. The molecule has 0 amide bonds. The molecule has 2 heteroatoms. The summed E-state index contributed by atoms with van der Waals surface area (Å²) in [6, 6.07) is 14.7. The Balaban J connectivity index is 2.08. The van der Waals surface area contributed by atoms with Crippen LogP contribution < -0.4 is 0 Å². The Morgan fingerprint density at radius 1 is 0.947 bits per heavy atom. The number of aromatic nitrogens is 1. The SMILES string of the molecule is Clc1ccccc1-c1cn2c3c(cccc13)CCC2. The van der Waals surface area contributed by atoms with Crippen LogP contribution in [-0.2, 0) is 13.0 Å². The van der Waals surface area contributed by atoms with Gasteiger partial charge in [0.2, 0.25) is 0 Å². The van der Waals surface area contributed by atoms with E-state index in [9.17, 15) is 0 Å². The summed E-state index contributed by atoms with van der Waals surface area (Å²) in [5.74, 6) is 0. The van der Waals surface area contributed by atoms with Gasteiger partial charge in [0.1, 0.15) is 0 Å². The summed E-state index contributed by atoms with van der Waals surface area (Å²) in [4.78, 5) is 0. The van der Waals surface area contributed by atoms with Crippen molar-refractivity contribution in [3.8, 4) is 11.1 Å². The quantitative estimate of drug-likeness (QED) is 0.590. The fraction of sp³-hybridized carbons (Fsp3) is 0.176. The minimum absolute atomic E-state index is 0.825. The van der Waals surface area contributed by atoms with E-state index in [1.54, 1.807) is 0 Å². The van der Waals surface area contributed by atoms with E-state index in [-0.39, 0.29) is 0 Å². The summed E-state index contributed by atoms with van der Waals surface area (Å²) >= 11 is 6.36. The molecule has 0 radical (unpaired) electrons. The van der Waals surface area contributed by atoms with E-state index in [0.29, 0.717) is 0 Å². The molecule has 0 spiro atoms. The van der Waals surface area contributed by atoms with Crippen LogP contribution >= 0.6 is 11.6 Å². The second-order valence-corrected chi connectivity index (χ2v) is 5.54. The van der Waals surface area contributed by atoms with Crippen molar-refractivity contribution >= 4 is 22.5 Å². The van der Waals surface area contributed by atoms with Gasteiger partial charge in [0, 0.05) is 34.3 Å². The Kier molecular flexibility index (Phi) is 2.42. The fourth-order valence-corrected chi connectivity index (χ4v) is 3.39. The van der Waals surface area contributed by atoms with Crippen LogP contribution in [0.4, 0.5) is 0 Å². The van der Waals surface area contributed by atoms with Crippen molar-refractivity contribution in [3.05, 3.63) is 59.2 Å². The summed E-state index contributed by atoms with van der Waals surface area (Å²) in [7, 11) is 0. The van der Waals surface area contributed by atoms with Crippen molar-refractivity contribution in [2.75, 3.05) is 0 Å². The number of halogens is 1. The van der Waals surface area contributed by atoms with Gasteiger partial charge in [-0.25, -0.2) is 0 Å². The molecule has 19 heavy (non-hydrogen) atoms. The Bertz CT molecular complexity index is 770. The summed E-state index contributed by atoms with van der Waals surface area (Å²) in [5, 5.41) is 2.15. The molecule has 1 aliphatic rings. The van der Waals surface area contributed by atoms with Crippen molar-refractivity contribution in [1.29, 1.82) is 0 Å². The maximum absolute atomic E-state index is 6.36. The molecule has 1 nitrogen and oxygen atoms in total. The summed E-state index contributed by atoms with van der Waals surface area (Å²) < 4.78 is 2.38. The first kappa shape index (κ1) is 11.1. The van der Waals surface area contributed by atoms with Gasteiger partial charge in [-0.2, -0.15) is 0 Å². The first-order valence-corrected chi connectivity index (χ1v) is 7.08. The van der Waals surface area contributed by atoms with Gasteiger partial charge in [0.15, 0.2) is 0 Å². The highest BCUT2D eigenvalue weighted by atomic mass is 35.5. The van der Waals surface area contributed by atoms with Crippen molar-refractivity contribution < 1.29 is 0 Å². The molecule has 2 aromatic carbocycles. The topological polar surface area (TPSA) is 4.93 Å². The maximum Gasteiger partial charge on any atom is 0.0519 e. The Hall–Kier alpha value is -1.73. The van der Waals surface area contributed by atoms with E-state index < -0.39 is 0 Å². The molecule has 0 fully saturated rings. The van der Waals surface area contributed by atoms with E-state index in [1.807, 2.05) is 18.2 Å². The lowest BCUT2D eigenvalue weighted by Gasteiger charge is -2.14. The van der Waals surface area contributed by atoms with Gasteiger partial charge in [-0.05, 0) is 24.5 Å². The molecule has 0 aliphatic carbocycles. The van der Waals surface area contributed by atoms with E-state index in [1.165, 1.54) is 34.9 Å². The van der Waals surface area contributed by atoms with Gasteiger partial charge < -0.3 is 4.57 Å². The minimum atomic E-state index is 0.825. The molecule has 1 aromatic heterocycles. The fourth-order valence-electron chi connectivity index (χ4n) is 3.15. The highest BCUT2D eigenvalue weighted by molar-refractivity contribution is 6.33. The normalized spacial score (nSPS) is 13.9. The molecule has 0 bridgehead atoms. The predicted molar refractivity (Wildman–Crippen MR) is 80.7 cm³/mol. The number of rotatable bonds is 1. The van der Waals surface area contributed by atoms with Crippen LogP contribution in [0.15, 0.2) is 48.7 Å². The van der Waals surface area contributed by atoms with Crippen LogP contribution in [0.1, 0.15) is 12.0 Å². The molecular weight excluding hydrogens is 254 g/mol. The highest BCUT2D eigenvalue weighted by Gasteiger charge is 2.17. The number of para-hydroxylation sites is 1. The third-order valence-corrected chi connectivity index (χ3v) is 4.32. The number of hydrogen-bond acceptors (Lipinski definition) is 0. The third kappa shape index (κ3) is 1.62. The summed E-state index contributed by atoms with van der Waals surface area (Å²) in [5.41, 5.74) is 5.24. The molecule has 4 rings (SSSR count). The maximum atomic E-state index is 6.36. The summed E-state index contributed by atoms with van der Waals surface area (Å²) in [6.45, 7) is 1.11. The number of hydrogen-bond donors (Lipinski definition) is 0. The second-order valence-electron chi connectivity index (χ2n) is 5.13. The standard InChI is InChI=1S/C17H14ClN/c18-16-9-2-1-7-13(16)15-11-19-10-4-6-12-5-3-8-14(15)17(12)19/h1-3,5,7-9,11H,4,6,10H2.